The van der Waals surface area contributed by atoms with Crippen LogP contribution in [0.25, 0.3) is 10.8 Å². The first-order valence-electron chi connectivity index (χ1n) is 7.37. The van der Waals surface area contributed by atoms with Gasteiger partial charge in [-0.05, 0) is 42.8 Å². The molecule has 22 heavy (non-hydrogen) atoms. The molecule has 2 aromatic carbocycles. The zero-order chi connectivity index (χ0) is 16.3. The van der Waals surface area contributed by atoms with Gasteiger partial charge in [0, 0.05) is 10.5 Å². The molecule has 3 N–H and O–H groups in total. The van der Waals surface area contributed by atoms with Crippen LogP contribution in [0.1, 0.15) is 19.4 Å². The van der Waals surface area contributed by atoms with Crippen molar-refractivity contribution in [1.82, 2.24) is 5.32 Å². The van der Waals surface area contributed by atoms with Crippen molar-refractivity contribution in [2.75, 3.05) is 13.6 Å². The molecule has 0 aliphatic carbocycles. The van der Waals surface area contributed by atoms with Crippen LogP contribution in [-0.2, 0) is 11.3 Å². The maximum Gasteiger partial charge on any atom is 0.275 e. The smallest absolute Gasteiger partial charge is 0.275 e. The number of quaternary nitrogens is 1. The second-order valence-electron chi connectivity index (χ2n) is 5.96. The highest BCUT2D eigenvalue weighted by Gasteiger charge is 2.15. The highest BCUT2D eigenvalue weighted by molar-refractivity contribution is 9.10. The predicted octanol–water partition coefficient (Wildman–Crippen LogP) is 1.85. The normalized spacial score (nSPS) is 12.6. The van der Waals surface area contributed by atoms with Crippen LogP contribution in [0, 0.1) is 0 Å². The van der Waals surface area contributed by atoms with E-state index >= 15 is 0 Å². The van der Waals surface area contributed by atoms with Crippen LogP contribution < -0.4 is 10.2 Å². The summed E-state index contributed by atoms with van der Waals surface area (Å²) in [5, 5.41) is 15.2. The van der Waals surface area contributed by atoms with Crippen LogP contribution in [0.15, 0.2) is 34.8 Å². The molecular weight excluding hydrogens is 344 g/mol. The van der Waals surface area contributed by atoms with Gasteiger partial charge in [0.2, 0.25) is 0 Å². The first-order chi connectivity index (χ1) is 10.4. The van der Waals surface area contributed by atoms with Crippen LogP contribution in [0.2, 0.25) is 0 Å². The number of carbonyl (C=O) groups excluding carboxylic acids is 1. The summed E-state index contributed by atoms with van der Waals surface area (Å²) in [7, 11) is 1.96. The molecule has 0 radical (unpaired) electrons. The van der Waals surface area contributed by atoms with Gasteiger partial charge >= 0.3 is 0 Å². The minimum atomic E-state index is 0.0231. The number of likely N-dealkylation sites (N-methyl/N-ethyl adjacent to an activating group) is 1. The van der Waals surface area contributed by atoms with Crippen LogP contribution >= 0.6 is 15.9 Å². The molecule has 0 aromatic heterocycles. The number of amides is 1. The summed E-state index contributed by atoms with van der Waals surface area (Å²) in [4.78, 5) is 12.9. The Hall–Kier alpha value is -1.59. The molecule has 0 bridgehead atoms. The quantitative estimate of drug-likeness (QED) is 0.757. The van der Waals surface area contributed by atoms with Crippen LogP contribution in [0.4, 0.5) is 0 Å². The molecule has 5 heteroatoms. The van der Waals surface area contributed by atoms with E-state index in [1.807, 2.05) is 45.2 Å². The molecule has 0 heterocycles. The molecule has 0 aliphatic heterocycles. The van der Waals surface area contributed by atoms with Gasteiger partial charge < -0.3 is 15.3 Å². The summed E-state index contributed by atoms with van der Waals surface area (Å²) in [6, 6.07) is 9.75. The highest BCUT2D eigenvalue weighted by Crippen LogP contribution is 2.28. The fourth-order valence-electron chi connectivity index (χ4n) is 2.55. The monoisotopic (exact) mass is 365 g/mol. The van der Waals surface area contributed by atoms with Gasteiger partial charge in [-0.1, -0.05) is 28.1 Å². The molecule has 1 unspecified atom stereocenters. The molecule has 0 saturated carbocycles. The van der Waals surface area contributed by atoms with Gasteiger partial charge in [0.15, 0.2) is 6.54 Å². The molecule has 0 saturated heterocycles. The molecule has 1 amide bonds. The van der Waals surface area contributed by atoms with E-state index in [2.05, 4.69) is 21.2 Å². The number of carbonyl (C=O) groups is 1. The third-order valence-corrected chi connectivity index (χ3v) is 3.95. The molecular formula is C17H22BrN2O2+. The summed E-state index contributed by atoms with van der Waals surface area (Å²) < 4.78 is 1.01. The van der Waals surface area contributed by atoms with E-state index in [-0.39, 0.29) is 17.7 Å². The second kappa shape index (κ2) is 7.11. The zero-order valence-corrected chi connectivity index (χ0v) is 14.7. The van der Waals surface area contributed by atoms with Gasteiger partial charge in [-0.15, -0.1) is 0 Å². The maximum absolute atomic E-state index is 11.8. The first-order valence-corrected chi connectivity index (χ1v) is 8.17. The van der Waals surface area contributed by atoms with Crippen LogP contribution in [0.3, 0.4) is 0 Å². The number of rotatable bonds is 5. The Morgan fingerprint density at radius 3 is 2.73 bits per heavy atom. The largest absolute Gasteiger partial charge is 0.507 e. The van der Waals surface area contributed by atoms with E-state index in [4.69, 9.17) is 0 Å². The minimum Gasteiger partial charge on any atom is -0.507 e. The van der Waals surface area contributed by atoms with Crippen molar-refractivity contribution in [1.29, 1.82) is 0 Å². The fourth-order valence-corrected chi connectivity index (χ4v) is 2.93. The number of fused-ring (bicyclic) bond motifs is 1. The summed E-state index contributed by atoms with van der Waals surface area (Å²) in [5.74, 6) is 0.299. The Balaban J connectivity index is 2.20. The van der Waals surface area contributed by atoms with Gasteiger partial charge in [0.05, 0.1) is 12.6 Å². The van der Waals surface area contributed by atoms with Crippen molar-refractivity contribution in [2.45, 2.75) is 26.4 Å². The van der Waals surface area contributed by atoms with Crippen molar-refractivity contribution >= 4 is 32.6 Å². The molecule has 0 spiro atoms. The van der Waals surface area contributed by atoms with E-state index in [0.717, 1.165) is 25.7 Å². The summed E-state index contributed by atoms with van der Waals surface area (Å²) in [5.41, 5.74) is 0.875. The zero-order valence-electron chi connectivity index (χ0n) is 13.1. The van der Waals surface area contributed by atoms with Gasteiger partial charge in [-0.2, -0.15) is 0 Å². The lowest BCUT2D eigenvalue weighted by Crippen LogP contribution is -3.09. The van der Waals surface area contributed by atoms with Crippen molar-refractivity contribution in [3.05, 3.63) is 40.4 Å². The third-order valence-electron chi connectivity index (χ3n) is 3.46. The van der Waals surface area contributed by atoms with E-state index < -0.39 is 0 Å². The molecule has 2 aromatic rings. The number of nitrogens with one attached hydrogen (secondary N) is 2. The molecule has 2 rings (SSSR count). The number of aromatic hydroxyl groups is 1. The molecule has 4 nitrogen and oxygen atoms in total. The van der Waals surface area contributed by atoms with Crippen molar-refractivity contribution in [3.8, 4) is 5.75 Å². The molecule has 118 valence electrons. The summed E-state index contributed by atoms with van der Waals surface area (Å²) in [6.45, 7) is 4.87. The van der Waals surface area contributed by atoms with Gasteiger partial charge in [-0.3, -0.25) is 4.79 Å². The Kier molecular flexibility index (Phi) is 5.42. The van der Waals surface area contributed by atoms with Crippen LogP contribution in [0.5, 0.6) is 5.75 Å². The van der Waals surface area contributed by atoms with Crippen molar-refractivity contribution < 1.29 is 14.8 Å². The number of phenolic OH excluding ortho intramolecular Hbond substituents is 1. The lowest BCUT2D eigenvalue weighted by atomic mass is 10.0. The van der Waals surface area contributed by atoms with E-state index in [9.17, 15) is 9.90 Å². The maximum atomic E-state index is 11.8. The summed E-state index contributed by atoms with van der Waals surface area (Å²) >= 11 is 3.46. The lowest BCUT2D eigenvalue weighted by Gasteiger charge is -2.17. The van der Waals surface area contributed by atoms with Crippen LogP contribution in [-0.4, -0.2) is 30.6 Å². The molecule has 1 atom stereocenters. The number of hydrogen-bond donors (Lipinski definition) is 3. The minimum absolute atomic E-state index is 0.0231. The Morgan fingerprint density at radius 1 is 1.32 bits per heavy atom. The Morgan fingerprint density at radius 2 is 2.05 bits per heavy atom. The predicted molar refractivity (Wildman–Crippen MR) is 92.0 cm³/mol. The standard InChI is InChI=1S/C17H21BrN2O2/c1-11(2)19-17(22)10-20(3)9-15-14-6-5-13(18)8-12(14)4-7-16(15)21/h4-8,11,21H,9-10H2,1-3H3,(H,19,22)/p+1. The van der Waals surface area contributed by atoms with E-state index in [1.165, 1.54) is 0 Å². The number of phenols is 1. The van der Waals surface area contributed by atoms with Crippen molar-refractivity contribution in [2.24, 2.45) is 0 Å². The third kappa shape index (κ3) is 4.21. The van der Waals surface area contributed by atoms with E-state index in [1.54, 1.807) is 6.07 Å². The van der Waals surface area contributed by atoms with Gasteiger partial charge in [0.25, 0.3) is 5.91 Å². The Bertz CT molecular complexity index is 686. The first kappa shape index (κ1) is 16.8. The number of hydrogen-bond acceptors (Lipinski definition) is 2. The average Bonchev–Trinajstić information content (AvgIpc) is 2.40. The highest BCUT2D eigenvalue weighted by atomic mass is 79.9. The average molecular weight is 366 g/mol. The van der Waals surface area contributed by atoms with Crippen molar-refractivity contribution in [3.63, 3.8) is 0 Å². The Labute approximate surface area is 139 Å². The van der Waals surface area contributed by atoms with Gasteiger partial charge in [0.1, 0.15) is 12.3 Å². The van der Waals surface area contributed by atoms with Gasteiger partial charge in [-0.25, -0.2) is 0 Å². The SMILES string of the molecule is CC(C)NC(=O)C[NH+](C)Cc1c(O)ccc2cc(Br)ccc12. The topological polar surface area (TPSA) is 53.8 Å². The number of halogens is 1. The van der Waals surface area contributed by atoms with E-state index in [0.29, 0.717) is 13.1 Å². The summed E-state index contributed by atoms with van der Waals surface area (Å²) in [6.07, 6.45) is 0. The number of benzene rings is 2. The second-order valence-corrected chi connectivity index (χ2v) is 6.88. The molecule has 0 fully saturated rings. The fraction of sp³-hybridized carbons (Fsp3) is 0.353. The lowest BCUT2D eigenvalue weighted by molar-refractivity contribution is -0.885. The molecule has 0 aliphatic rings.